The number of ether oxygens (including phenoxy) is 2. The Kier molecular flexibility index (Phi) is 9.11. The van der Waals surface area contributed by atoms with E-state index < -0.39 is 17.6 Å². The van der Waals surface area contributed by atoms with E-state index in [-0.39, 0.29) is 24.5 Å². The summed E-state index contributed by atoms with van der Waals surface area (Å²) >= 11 is 0. The van der Waals surface area contributed by atoms with Crippen molar-refractivity contribution in [2.24, 2.45) is 0 Å². The molecule has 9 heteroatoms. The number of carboxylic acid groups (broad SMARTS) is 1. The molecule has 1 saturated heterocycles. The molecule has 0 unspecified atom stereocenters. The number of hydrazine groups is 1. The SMILES string of the molecule is C1CCOC1.C[C@@](Cc1ccc(O)c(O)c1)(NNC(=O)OCc1ccccc1)C(=O)O. The number of nitrogens with one attached hydrogen (secondary N) is 2. The van der Waals surface area contributed by atoms with Crippen LogP contribution in [-0.2, 0) is 27.3 Å². The number of carbonyl (C=O) groups is 2. The molecule has 1 aliphatic heterocycles. The summed E-state index contributed by atoms with van der Waals surface area (Å²) in [6.45, 7) is 3.42. The molecule has 9 nitrogen and oxygen atoms in total. The van der Waals surface area contributed by atoms with E-state index in [0.717, 1.165) is 18.8 Å². The van der Waals surface area contributed by atoms with Crippen LogP contribution < -0.4 is 10.9 Å². The van der Waals surface area contributed by atoms with Crippen LogP contribution in [-0.4, -0.2) is 46.1 Å². The van der Waals surface area contributed by atoms with Gasteiger partial charge in [0, 0.05) is 19.6 Å². The van der Waals surface area contributed by atoms with Gasteiger partial charge in [-0.2, -0.15) is 0 Å². The summed E-state index contributed by atoms with van der Waals surface area (Å²) < 4.78 is 9.95. The summed E-state index contributed by atoms with van der Waals surface area (Å²) in [7, 11) is 0. The van der Waals surface area contributed by atoms with Crippen molar-refractivity contribution in [3.8, 4) is 11.5 Å². The van der Waals surface area contributed by atoms with Gasteiger partial charge in [0.1, 0.15) is 12.1 Å². The average molecular weight is 432 g/mol. The number of carboxylic acids is 1. The van der Waals surface area contributed by atoms with Crippen molar-refractivity contribution in [2.75, 3.05) is 13.2 Å². The maximum atomic E-state index is 11.8. The Labute approximate surface area is 180 Å². The molecule has 2 aromatic carbocycles. The summed E-state index contributed by atoms with van der Waals surface area (Å²) in [4.78, 5) is 23.4. The van der Waals surface area contributed by atoms with Crippen molar-refractivity contribution in [2.45, 2.75) is 38.3 Å². The highest BCUT2D eigenvalue weighted by molar-refractivity contribution is 5.79. The quantitative estimate of drug-likeness (QED) is 0.333. The first-order valence-electron chi connectivity index (χ1n) is 9.86. The molecule has 0 spiro atoms. The van der Waals surface area contributed by atoms with Crippen LogP contribution >= 0.6 is 0 Å². The highest BCUT2D eigenvalue weighted by Crippen LogP contribution is 2.26. The van der Waals surface area contributed by atoms with Gasteiger partial charge in [-0.1, -0.05) is 36.4 Å². The summed E-state index contributed by atoms with van der Waals surface area (Å²) in [5.74, 6) is -1.87. The number of rotatable bonds is 7. The number of phenols is 2. The third kappa shape index (κ3) is 8.15. The minimum absolute atomic E-state index is 0.0456. The lowest BCUT2D eigenvalue weighted by molar-refractivity contribution is -0.144. The molecule has 31 heavy (non-hydrogen) atoms. The maximum Gasteiger partial charge on any atom is 0.421 e. The van der Waals surface area contributed by atoms with Gasteiger partial charge in [0.2, 0.25) is 0 Å². The van der Waals surface area contributed by atoms with Gasteiger partial charge in [-0.15, -0.1) is 0 Å². The Balaban J connectivity index is 0.000000597. The molecular weight excluding hydrogens is 404 g/mol. The van der Waals surface area contributed by atoms with E-state index in [1.54, 1.807) is 12.1 Å². The topological polar surface area (TPSA) is 137 Å². The molecule has 0 aliphatic carbocycles. The van der Waals surface area contributed by atoms with Crippen molar-refractivity contribution < 1.29 is 34.4 Å². The van der Waals surface area contributed by atoms with Crippen LogP contribution in [0.1, 0.15) is 30.9 Å². The standard InChI is InChI=1S/C18H20N2O6.C4H8O/c1-18(16(23)24,10-13-7-8-14(21)15(22)9-13)20-19-17(25)26-11-12-5-3-2-4-6-12;1-2-4-5-3-1/h2-9,20-22H,10-11H2,1H3,(H,19,25)(H,23,24);1-4H2/t18-;/m0./s1. The van der Waals surface area contributed by atoms with E-state index in [0.29, 0.717) is 5.56 Å². The highest BCUT2D eigenvalue weighted by atomic mass is 16.6. The second-order valence-electron chi connectivity index (χ2n) is 7.27. The first kappa shape index (κ1) is 24.0. The van der Waals surface area contributed by atoms with Crippen LogP contribution in [0.25, 0.3) is 0 Å². The van der Waals surface area contributed by atoms with Gasteiger partial charge >= 0.3 is 12.1 Å². The molecule has 2 aromatic rings. The van der Waals surface area contributed by atoms with E-state index in [2.05, 4.69) is 10.9 Å². The van der Waals surface area contributed by atoms with Gasteiger partial charge in [0.05, 0.1) is 0 Å². The Morgan fingerprint density at radius 2 is 1.71 bits per heavy atom. The minimum atomic E-state index is -1.56. The van der Waals surface area contributed by atoms with Gasteiger partial charge < -0.3 is 24.8 Å². The van der Waals surface area contributed by atoms with Gasteiger partial charge in [0.25, 0.3) is 0 Å². The molecule has 3 rings (SSSR count). The van der Waals surface area contributed by atoms with Crippen LogP contribution in [0.15, 0.2) is 48.5 Å². The minimum Gasteiger partial charge on any atom is -0.504 e. The third-order valence-corrected chi connectivity index (χ3v) is 4.55. The number of phenolic OH excluding ortho intramolecular Hbond substituents is 2. The van der Waals surface area contributed by atoms with Crippen LogP contribution in [0.2, 0.25) is 0 Å². The molecule has 1 aliphatic rings. The molecule has 5 N–H and O–H groups in total. The van der Waals surface area contributed by atoms with Crippen molar-refractivity contribution in [3.63, 3.8) is 0 Å². The normalized spacial score (nSPS) is 14.6. The zero-order chi connectivity index (χ0) is 22.7. The van der Waals surface area contributed by atoms with Crippen LogP contribution in [0.4, 0.5) is 4.79 Å². The first-order valence-corrected chi connectivity index (χ1v) is 9.86. The molecule has 0 radical (unpaired) electrons. The second kappa shape index (κ2) is 11.8. The number of aromatic hydroxyl groups is 2. The highest BCUT2D eigenvalue weighted by Gasteiger charge is 2.34. The predicted octanol–water partition coefficient (Wildman–Crippen LogP) is 2.71. The fourth-order valence-corrected chi connectivity index (χ4v) is 2.72. The Morgan fingerprint density at radius 1 is 1.03 bits per heavy atom. The summed E-state index contributed by atoms with van der Waals surface area (Å²) in [5, 5.41) is 28.3. The number of benzene rings is 2. The lowest BCUT2D eigenvalue weighted by atomic mass is 9.93. The van der Waals surface area contributed by atoms with Crippen molar-refractivity contribution in [1.82, 2.24) is 10.9 Å². The van der Waals surface area contributed by atoms with Gasteiger partial charge in [0.15, 0.2) is 11.5 Å². The zero-order valence-corrected chi connectivity index (χ0v) is 17.3. The third-order valence-electron chi connectivity index (χ3n) is 4.55. The zero-order valence-electron chi connectivity index (χ0n) is 17.3. The molecule has 1 heterocycles. The Morgan fingerprint density at radius 3 is 2.26 bits per heavy atom. The molecule has 0 saturated carbocycles. The fourth-order valence-electron chi connectivity index (χ4n) is 2.72. The van der Waals surface area contributed by atoms with E-state index >= 15 is 0 Å². The van der Waals surface area contributed by atoms with Crippen molar-refractivity contribution >= 4 is 12.1 Å². The van der Waals surface area contributed by atoms with Gasteiger partial charge in [-0.3, -0.25) is 10.2 Å². The average Bonchev–Trinajstić information content (AvgIpc) is 3.34. The van der Waals surface area contributed by atoms with Gasteiger partial charge in [-0.05, 0) is 43.0 Å². The van der Waals surface area contributed by atoms with Gasteiger partial charge in [-0.25, -0.2) is 10.2 Å². The number of carbonyl (C=O) groups excluding carboxylic acids is 1. The summed E-state index contributed by atoms with van der Waals surface area (Å²) in [6, 6.07) is 13.0. The lowest BCUT2D eigenvalue weighted by Gasteiger charge is -2.26. The molecular formula is C22H28N2O7. The molecule has 1 amide bonds. The Hall–Kier alpha value is -3.30. The van der Waals surface area contributed by atoms with Crippen LogP contribution in [0.3, 0.4) is 0 Å². The van der Waals surface area contributed by atoms with E-state index in [4.69, 9.17) is 9.47 Å². The summed E-state index contributed by atoms with van der Waals surface area (Å²) in [6.07, 6.45) is 1.67. The molecule has 0 aromatic heterocycles. The smallest absolute Gasteiger partial charge is 0.421 e. The number of hydrogen-bond donors (Lipinski definition) is 5. The number of amides is 1. The van der Waals surface area contributed by atoms with Crippen molar-refractivity contribution in [1.29, 1.82) is 0 Å². The molecule has 168 valence electrons. The van der Waals surface area contributed by atoms with Crippen molar-refractivity contribution in [3.05, 3.63) is 59.7 Å². The largest absolute Gasteiger partial charge is 0.504 e. The second-order valence-corrected chi connectivity index (χ2v) is 7.27. The molecule has 1 fully saturated rings. The first-order chi connectivity index (χ1) is 14.8. The monoisotopic (exact) mass is 432 g/mol. The van der Waals surface area contributed by atoms with Crippen LogP contribution in [0.5, 0.6) is 11.5 Å². The maximum absolute atomic E-state index is 11.8. The molecule has 0 bridgehead atoms. The van der Waals surface area contributed by atoms with E-state index in [1.165, 1.54) is 38.0 Å². The van der Waals surface area contributed by atoms with E-state index in [1.807, 2.05) is 18.2 Å². The predicted molar refractivity (Wildman–Crippen MR) is 112 cm³/mol. The fraction of sp³-hybridized carbons (Fsp3) is 0.364. The summed E-state index contributed by atoms with van der Waals surface area (Å²) in [5.41, 5.74) is 4.35. The van der Waals surface area contributed by atoms with Crippen LogP contribution in [0, 0.1) is 0 Å². The molecule has 1 atom stereocenters. The van der Waals surface area contributed by atoms with E-state index in [9.17, 15) is 24.9 Å². The Bertz CT molecular complexity index is 849. The number of aliphatic carboxylic acids is 1. The number of hydrogen-bond acceptors (Lipinski definition) is 7. The lowest BCUT2D eigenvalue weighted by Crippen LogP contribution is -2.58.